The molecule has 0 amide bonds. The smallest absolute Gasteiger partial charge is 0.0965 e. The first-order chi connectivity index (χ1) is 8.69. The highest BCUT2D eigenvalue weighted by Crippen LogP contribution is 2.09. The van der Waals surface area contributed by atoms with Crippen molar-refractivity contribution in [3.8, 4) is 0 Å². The molecule has 1 rings (SSSR count). The van der Waals surface area contributed by atoms with Crippen LogP contribution in [0, 0.1) is 0 Å². The van der Waals surface area contributed by atoms with E-state index in [0.29, 0.717) is 25.9 Å². The van der Waals surface area contributed by atoms with Gasteiger partial charge in [-0.25, -0.2) is 0 Å². The van der Waals surface area contributed by atoms with Crippen molar-refractivity contribution >= 4 is 0 Å². The maximum atomic E-state index is 9.28. The fourth-order valence-corrected chi connectivity index (χ4v) is 1.55. The molecule has 0 aliphatic carbocycles. The molecule has 7 heteroatoms. The lowest BCUT2D eigenvalue weighted by atomic mass is 9.98. The first-order valence-electron chi connectivity index (χ1n) is 6.16. The highest BCUT2D eigenvalue weighted by Gasteiger charge is 2.25. The SMILES string of the molecule is CCC(CO)(CO)NCc1cn(CCCO)nn1. The Morgan fingerprint density at radius 3 is 2.61 bits per heavy atom. The average molecular weight is 258 g/mol. The van der Waals surface area contributed by atoms with E-state index in [4.69, 9.17) is 5.11 Å². The van der Waals surface area contributed by atoms with Gasteiger partial charge >= 0.3 is 0 Å². The van der Waals surface area contributed by atoms with Crippen LogP contribution in [0.15, 0.2) is 6.20 Å². The second-order valence-corrected chi connectivity index (χ2v) is 4.35. The molecule has 104 valence electrons. The summed E-state index contributed by atoms with van der Waals surface area (Å²) in [6.45, 7) is 2.84. The zero-order chi connectivity index (χ0) is 13.4. The summed E-state index contributed by atoms with van der Waals surface area (Å²) >= 11 is 0. The van der Waals surface area contributed by atoms with Gasteiger partial charge in [0.25, 0.3) is 0 Å². The van der Waals surface area contributed by atoms with Crippen LogP contribution in [0.1, 0.15) is 25.5 Å². The molecule has 0 aromatic carbocycles. The van der Waals surface area contributed by atoms with Crippen LogP contribution in [0.25, 0.3) is 0 Å². The summed E-state index contributed by atoms with van der Waals surface area (Å²) < 4.78 is 1.67. The van der Waals surface area contributed by atoms with Crippen molar-refractivity contribution in [1.29, 1.82) is 0 Å². The number of aromatic nitrogens is 3. The quantitative estimate of drug-likeness (QED) is 0.447. The fourth-order valence-electron chi connectivity index (χ4n) is 1.55. The number of aliphatic hydroxyl groups excluding tert-OH is 3. The third kappa shape index (κ3) is 4.02. The summed E-state index contributed by atoms with van der Waals surface area (Å²) in [4.78, 5) is 0. The lowest BCUT2D eigenvalue weighted by molar-refractivity contribution is 0.0861. The minimum absolute atomic E-state index is 0.126. The highest BCUT2D eigenvalue weighted by molar-refractivity contribution is 4.95. The molecule has 0 unspecified atom stereocenters. The summed E-state index contributed by atoms with van der Waals surface area (Å²) in [5.74, 6) is 0. The molecule has 0 spiro atoms. The predicted molar refractivity (Wildman–Crippen MR) is 65.8 cm³/mol. The Kier molecular flexibility index (Phi) is 6.20. The van der Waals surface area contributed by atoms with E-state index in [2.05, 4.69) is 15.6 Å². The second kappa shape index (κ2) is 7.42. The lowest BCUT2D eigenvalue weighted by Gasteiger charge is -2.29. The van der Waals surface area contributed by atoms with Crippen LogP contribution in [-0.4, -0.2) is 55.7 Å². The molecule has 0 aliphatic rings. The maximum Gasteiger partial charge on any atom is 0.0965 e. The molecule has 0 saturated carbocycles. The Labute approximate surface area is 106 Å². The molecule has 4 N–H and O–H groups in total. The standard InChI is InChI=1S/C11H22N4O3/c1-2-11(8-17,9-18)12-6-10-7-15(14-13-10)4-3-5-16/h7,12,16-18H,2-6,8-9H2,1H3. The summed E-state index contributed by atoms with van der Waals surface area (Å²) in [6.07, 6.45) is 3.05. The Morgan fingerprint density at radius 1 is 1.33 bits per heavy atom. The summed E-state index contributed by atoms with van der Waals surface area (Å²) in [7, 11) is 0. The zero-order valence-corrected chi connectivity index (χ0v) is 10.7. The van der Waals surface area contributed by atoms with Crippen LogP contribution in [0.5, 0.6) is 0 Å². The number of nitrogens with zero attached hydrogens (tertiary/aromatic N) is 3. The first-order valence-corrected chi connectivity index (χ1v) is 6.16. The van der Waals surface area contributed by atoms with Crippen molar-refractivity contribution in [2.45, 2.75) is 38.4 Å². The molecular formula is C11H22N4O3. The van der Waals surface area contributed by atoms with Gasteiger partial charge in [-0.15, -0.1) is 5.10 Å². The number of hydrogen-bond acceptors (Lipinski definition) is 6. The van der Waals surface area contributed by atoms with Gasteiger partial charge in [-0.3, -0.25) is 4.68 Å². The van der Waals surface area contributed by atoms with Crippen molar-refractivity contribution in [2.75, 3.05) is 19.8 Å². The van der Waals surface area contributed by atoms with E-state index < -0.39 is 5.54 Å². The Bertz CT molecular complexity index is 331. The topological polar surface area (TPSA) is 103 Å². The minimum atomic E-state index is -0.672. The second-order valence-electron chi connectivity index (χ2n) is 4.35. The normalized spacial score (nSPS) is 12.0. The molecule has 7 nitrogen and oxygen atoms in total. The van der Waals surface area contributed by atoms with Gasteiger partial charge in [-0.1, -0.05) is 12.1 Å². The molecule has 0 atom stereocenters. The van der Waals surface area contributed by atoms with Crippen LogP contribution < -0.4 is 5.32 Å². The fraction of sp³-hybridized carbons (Fsp3) is 0.818. The summed E-state index contributed by atoms with van der Waals surface area (Å²) in [6, 6.07) is 0. The summed E-state index contributed by atoms with van der Waals surface area (Å²) in [5, 5.41) is 38.3. The van der Waals surface area contributed by atoms with Crippen molar-refractivity contribution < 1.29 is 15.3 Å². The number of rotatable bonds is 9. The average Bonchev–Trinajstić information content (AvgIpc) is 2.87. The number of aliphatic hydroxyl groups is 3. The van der Waals surface area contributed by atoms with Gasteiger partial charge in [-0.2, -0.15) is 0 Å². The van der Waals surface area contributed by atoms with E-state index in [0.717, 1.165) is 5.69 Å². The Balaban J connectivity index is 2.49. The molecule has 0 saturated heterocycles. The summed E-state index contributed by atoms with van der Waals surface area (Å²) in [5.41, 5.74) is 0.0715. The van der Waals surface area contributed by atoms with E-state index in [9.17, 15) is 10.2 Å². The maximum absolute atomic E-state index is 9.28. The van der Waals surface area contributed by atoms with Gasteiger partial charge in [-0.05, 0) is 12.8 Å². The van der Waals surface area contributed by atoms with Crippen LogP contribution in [-0.2, 0) is 13.1 Å². The third-order valence-corrected chi connectivity index (χ3v) is 3.06. The van der Waals surface area contributed by atoms with Gasteiger partial charge in [0.15, 0.2) is 0 Å². The Hall–Kier alpha value is -1.02. The zero-order valence-electron chi connectivity index (χ0n) is 10.7. The van der Waals surface area contributed by atoms with Gasteiger partial charge in [0.05, 0.1) is 24.4 Å². The van der Waals surface area contributed by atoms with Gasteiger partial charge in [0.2, 0.25) is 0 Å². The number of aryl methyl sites for hydroxylation is 1. The number of nitrogens with one attached hydrogen (secondary N) is 1. The largest absolute Gasteiger partial charge is 0.396 e. The molecular weight excluding hydrogens is 236 g/mol. The van der Waals surface area contributed by atoms with E-state index >= 15 is 0 Å². The highest BCUT2D eigenvalue weighted by atomic mass is 16.3. The minimum Gasteiger partial charge on any atom is -0.396 e. The molecule has 1 heterocycles. The third-order valence-electron chi connectivity index (χ3n) is 3.06. The molecule has 0 bridgehead atoms. The van der Waals surface area contributed by atoms with Crippen molar-refractivity contribution in [2.24, 2.45) is 0 Å². The van der Waals surface area contributed by atoms with Crippen LogP contribution in [0.3, 0.4) is 0 Å². The van der Waals surface area contributed by atoms with Crippen molar-refractivity contribution in [3.05, 3.63) is 11.9 Å². The molecule has 18 heavy (non-hydrogen) atoms. The van der Waals surface area contributed by atoms with Crippen molar-refractivity contribution in [3.63, 3.8) is 0 Å². The lowest BCUT2D eigenvalue weighted by Crippen LogP contribution is -2.50. The number of hydrogen-bond donors (Lipinski definition) is 4. The first kappa shape index (κ1) is 15.0. The van der Waals surface area contributed by atoms with Gasteiger partial charge < -0.3 is 20.6 Å². The van der Waals surface area contributed by atoms with Crippen LogP contribution in [0.4, 0.5) is 0 Å². The monoisotopic (exact) mass is 258 g/mol. The molecule has 0 aliphatic heterocycles. The van der Waals surface area contributed by atoms with Crippen LogP contribution >= 0.6 is 0 Å². The van der Waals surface area contributed by atoms with Crippen molar-refractivity contribution in [1.82, 2.24) is 20.3 Å². The molecule has 1 aromatic rings. The van der Waals surface area contributed by atoms with E-state index in [1.54, 1.807) is 10.9 Å². The predicted octanol–water partition coefficient (Wildman–Crippen LogP) is -1.12. The van der Waals surface area contributed by atoms with Crippen LogP contribution in [0.2, 0.25) is 0 Å². The van der Waals surface area contributed by atoms with E-state index in [1.807, 2.05) is 6.92 Å². The molecule has 0 radical (unpaired) electrons. The molecule has 0 fully saturated rings. The van der Waals surface area contributed by atoms with E-state index in [1.165, 1.54) is 0 Å². The molecule has 1 aromatic heterocycles. The van der Waals surface area contributed by atoms with Gasteiger partial charge in [0, 0.05) is 25.9 Å². The van der Waals surface area contributed by atoms with E-state index in [-0.39, 0.29) is 19.8 Å². The Morgan fingerprint density at radius 2 is 2.06 bits per heavy atom. The van der Waals surface area contributed by atoms with Gasteiger partial charge in [0.1, 0.15) is 0 Å².